The second kappa shape index (κ2) is 11.1. The van der Waals surface area contributed by atoms with E-state index in [4.69, 9.17) is 14.2 Å². The van der Waals surface area contributed by atoms with Crippen LogP contribution in [0.15, 0.2) is 18.2 Å². The number of likely N-dealkylation sites (tertiary alicyclic amines) is 2. The Kier molecular flexibility index (Phi) is 8.53. The smallest absolute Gasteiger partial charge is 0.161 e. The Labute approximate surface area is 173 Å². The highest BCUT2D eigenvalue weighted by atomic mass is 19.1. The molecule has 6 nitrogen and oxygen atoms in total. The number of halogens is 1. The van der Waals surface area contributed by atoms with Crippen molar-refractivity contribution < 1.29 is 23.7 Å². The lowest BCUT2D eigenvalue weighted by molar-refractivity contribution is 0.0387. The predicted molar refractivity (Wildman–Crippen MR) is 110 cm³/mol. The van der Waals surface area contributed by atoms with E-state index in [1.54, 1.807) is 14.2 Å². The summed E-state index contributed by atoms with van der Waals surface area (Å²) < 4.78 is 30.0. The van der Waals surface area contributed by atoms with Gasteiger partial charge in [0.1, 0.15) is 18.9 Å². The fraction of sp³-hybridized carbons (Fsp3) is 0.727. The van der Waals surface area contributed by atoms with E-state index in [-0.39, 0.29) is 6.61 Å². The molecular weight excluding hydrogens is 375 g/mol. The third-order valence-corrected chi connectivity index (χ3v) is 5.92. The Hall–Kier alpha value is -1.41. The maximum atomic E-state index is 13.3. The minimum absolute atomic E-state index is 0.189. The van der Waals surface area contributed by atoms with Crippen molar-refractivity contribution in [2.45, 2.75) is 50.6 Å². The van der Waals surface area contributed by atoms with Crippen LogP contribution in [-0.4, -0.2) is 86.8 Å². The number of alkyl halides is 1. The van der Waals surface area contributed by atoms with Gasteiger partial charge in [0.05, 0.1) is 13.2 Å². The molecule has 1 aromatic rings. The first-order valence-corrected chi connectivity index (χ1v) is 10.7. The molecule has 7 heteroatoms. The highest BCUT2D eigenvalue weighted by Crippen LogP contribution is 2.29. The largest absolute Gasteiger partial charge is 0.493 e. The third kappa shape index (κ3) is 6.81. The molecule has 0 saturated carbocycles. The summed E-state index contributed by atoms with van der Waals surface area (Å²) in [6.45, 7) is 4.98. The van der Waals surface area contributed by atoms with E-state index in [1.807, 2.05) is 12.1 Å². The molecule has 1 unspecified atom stereocenters. The van der Waals surface area contributed by atoms with Crippen molar-refractivity contribution in [2.75, 3.05) is 53.6 Å². The maximum Gasteiger partial charge on any atom is 0.161 e. The van der Waals surface area contributed by atoms with Crippen LogP contribution in [0.1, 0.15) is 31.2 Å². The molecule has 2 heterocycles. The number of nitrogens with zero attached hydrogens (tertiary/aromatic N) is 2. The molecule has 0 radical (unpaired) electrons. The summed E-state index contributed by atoms with van der Waals surface area (Å²) in [5, 5.41) is 10.3. The van der Waals surface area contributed by atoms with Crippen molar-refractivity contribution in [3.8, 4) is 11.5 Å². The van der Waals surface area contributed by atoms with Gasteiger partial charge in [-0.05, 0) is 43.4 Å². The summed E-state index contributed by atoms with van der Waals surface area (Å²) in [7, 11) is 3.40. The molecule has 2 fully saturated rings. The van der Waals surface area contributed by atoms with Gasteiger partial charge in [0.2, 0.25) is 0 Å². The molecule has 0 amide bonds. The lowest BCUT2D eigenvalue weighted by Crippen LogP contribution is -2.41. The number of ether oxygens (including phenoxy) is 3. The molecule has 0 spiro atoms. The molecule has 3 rings (SSSR count). The average molecular weight is 411 g/mol. The molecule has 2 aliphatic rings. The van der Waals surface area contributed by atoms with Crippen LogP contribution in [0.3, 0.4) is 0 Å². The fourth-order valence-electron chi connectivity index (χ4n) is 4.11. The van der Waals surface area contributed by atoms with E-state index >= 15 is 0 Å². The van der Waals surface area contributed by atoms with E-state index in [1.165, 1.54) is 0 Å². The first kappa shape index (κ1) is 22.3. The standard InChI is InChI=1S/C22H35FN2O4/c1-27-20-7-11-24(12-8-20)14-17-3-4-21(28-2)22(13-17)29-16-19(26)15-25-9-5-18(23)6-10-25/h3-4,13,18-20,26H,5-12,14-16H2,1-2H3. The molecule has 0 aliphatic carbocycles. The first-order chi connectivity index (χ1) is 14.1. The number of benzene rings is 1. The number of piperidine rings is 2. The van der Waals surface area contributed by atoms with Gasteiger partial charge in [-0.2, -0.15) is 0 Å². The molecule has 0 aromatic heterocycles. The predicted octanol–water partition coefficient (Wildman–Crippen LogP) is 2.48. The zero-order valence-corrected chi connectivity index (χ0v) is 17.7. The minimum atomic E-state index is -0.702. The highest BCUT2D eigenvalue weighted by Gasteiger charge is 2.22. The third-order valence-electron chi connectivity index (χ3n) is 5.92. The topological polar surface area (TPSA) is 54.4 Å². The minimum Gasteiger partial charge on any atom is -0.493 e. The van der Waals surface area contributed by atoms with Gasteiger partial charge < -0.3 is 24.2 Å². The Morgan fingerprint density at radius 2 is 1.72 bits per heavy atom. The molecule has 1 N–H and O–H groups in total. The van der Waals surface area contributed by atoms with Crippen LogP contribution in [0.2, 0.25) is 0 Å². The lowest BCUT2D eigenvalue weighted by Gasteiger charge is -2.31. The SMILES string of the molecule is COc1ccc(CN2CCC(OC)CC2)cc1OCC(O)CN1CCC(F)CC1. The van der Waals surface area contributed by atoms with Crippen LogP contribution in [0, 0.1) is 0 Å². The van der Waals surface area contributed by atoms with Crippen LogP contribution >= 0.6 is 0 Å². The van der Waals surface area contributed by atoms with Gasteiger partial charge in [-0.1, -0.05) is 6.07 Å². The van der Waals surface area contributed by atoms with Crippen LogP contribution in [0.4, 0.5) is 4.39 Å². The lowest BCUT2D eigenvalue weighted by atomic mass is 10.1. The van der Waals surface area contributed by atoms with Gasteiger partial charge in [-0.25, -0.2) is 4.39 Å². The molecule has 2 aliphatic heterocycles. The highest BCUT2D eigenvalue weighted by molar-refractivity contribution is 5.43. The van der Waals surface area contributed by atoms with Gasteiger partial charge in [-0.3, -0.25) is 4.90 Å². The number of hydrogen-bond acceptors (Lipinski definition) is 6. The van der Waals surface area contributed by atoms with Gasteiger partial charge in [0.25, 0.3) is 0 Å². The Morgan fingerprint density at radius 1 is 1.03 bits per heavy atom. The van der Waals surface area contributed by atoms with Crippen molar-refractivity contribution in [3.63, 3.8) is 0 Å². The first-order valence-electron chi connectivity index (χ1n) is 10.7. The van der Waals surface area contributed by atoms with Crippen molar-refractivity contribution in [1.29, 1.82) is 0 Å². The number of β-amino-alcohol motifs (C(OH)–C–C–N with tert-alkyl or cyclic N) is 1. The maximum absolute atomic E-state index is 13.3. The number of rotatable bonds is 9. The van der Waals surface area contributed by atoms with E-state index < -0.39 is 12.3 Å². The van der Waals surface area contributed by atoms with Crippen molar-refractivity contribution in [3.05, 3.63) is 23.8 Å². The van der Waals surface area contributed by atoms with E-state index in [0.717, 1.165) is 38.0 Å². The number of aliphatic hydroxyl groups is 1. The summed E-state index contributed by atoms with van der Waals surface area (Å²) >= 11 is 0. The van der Waals surface area contributed by atoms with Crippen molar-refractivity contribution in [1.82, 2.24) is 9.80 Å². The van der Waals surface area contributed by atoms with E-state index in [0.29, 0.717) is 50.1 Å². The van der Waals surface area contributed by atoms with Crippen LogP contribution in [-0.2, 0) is 11.3 Å². The number of hydrogen-bond donors (Lipinski definition) is 1. The quantitative estimate of drug-likeness (QED) is 0.675. The second-order valence-corrected chi connectivity index (χ2v) is 8.14. The van der Waals surface area contributed by atoms with Crippen LogP contribution in [0.5, 0.6) is 11.5 Å². The molecule has 2 saturated heterocycles. The molecule has 0 bridgehead atoms. The molecule has 29 heavy (non-hydrogen) atoms. The Balaban J connectivity index is 1.50. The monoisotopic (exact) mass is 410 g/mol. The zero-order valence-electron chi connectivity index (χ0n) is 17.7. The second-order valence-electron chi connectivity index (χ2n) is 8.14. The molecular formula is C22H35FN2O4. The summed E-state index contributed by atoms with van der Waals surface area (Å²) in [5.41, 5.74) is 1.16. The zero-order chi connectivity index (χ0) is 20.6. The summed E-state index contributed by atoms with van der Waals surface area (Å²) in [6.07, 6.45) is 2.26. The number of methoxy groups -OCH3 is 2. The fourth-order valence-corrected chi connectivity index (χ4v) is 4.11. The van der Waals surface area contributed by atoms with Crippen LogP contribution < -0.4 is 9.47 Å². The summed E-state index contributed by atoms with van der Waals surface area (Å²) in [4.78, 5) is 4.52. The van der Waals surface area contributed by atoms with Gasteiger partial charge in [0.15, 0.2) is 11.5 Å². The molecule has 164 valence electrons. The van der Waals surface area contributed by atoms with Crippen molar-refractivity contribution >= 4 is 0 Å². The summed E-state index contributed by atoms with van der Waals surface area (Å²) in [5.74, 6) is 1.32. The van der Waals surface area contributed by atoms with Gasteiger partial charge in [-0.15, -0.1) is 0 Å². The number of aliphatic hydroxyl groups excluding tert-OH is 1. The molecule has 1 atom stereocenters. The van der Waals surface area contributed by atoms with Crippen molar-refractivity contribution in [2.24, 2.45) is 0 Å². The Bertz CT molecular complexity index is 617. The van der Waals surface area contributed by atoms with E-state index in [9.17, 15) is 9.50 Å². The van der Waals surface area contributed by atoms with Gasteiger partial charge >= 0.3 is 0 Å². The summed E-state index contributed by atoms with van der Waals surface area (Å²) in [6, 6.07) is 5.99. The molecule has 1 aromatic carbocycles. The van der Waals surface area contributed by atoms with Gasteiger partial charge in [0, 0.05) is 46.4 Å². The normalized spacial score (nSPS) is 21.2. The van der Waals surface area contributed by atoms with Crippen LogP contribution in [0.25, 0.3) is 0 Å². The average Bonchev–Trinajstić information content (AvgIpc) is 2.74. The van der Waals surface area contributed by atoms with E-state index in [2.05, 4.69) is 15.9 Å². The Morgan fingerprint density at radius 3 is 2.38 bits per heavy atom.